The van der Waals surface area contributed by atoms with E-state index in [4.69, 9.17) is 21.1 Å². The zero-order chi connectivity index (χ0) is 14.5. The molecule has 2 fully saturated rings. The van der Waals surface area contributed by atoms with Crippen LogP contribution in [0, 0.1) is 16.7 Å². The number of hydrogen-bond acceptors (Lipinski definition) is 5. The molecule has 3 atom stereocenters. The largest absolute Gasteiger partial charge is 0.467 e. The van der Waals surface area contributed by atoms with Gasteiger partial charge in [0.2, 0.25) is 5.28 Å². The number of aromatic nitrogens is 3. The van der Waals surface area contributed by atoms with E-state index in [0.29, 0.717) is 11.3 Å². The number of nitrogens with zero attached hydrogens (tertiary/aromatic N) is 3. The number of halogens is 1. The van der Waals surface area contributed by atoms with Gasteiger partial charge < -0.3 is 9.47 Å². The van der Waals surface area contributed by atoms with E-state index in [1.54, 1.807) is 0 Å². The van der Waals surface area contributed by atoms with Crippen LogP contribution in [-0.4, -0.2) is 28.2 Å². The van der Waals surface area contributed by atoms with Gasteiger partial charge in [-0.1, -0.05) is 20.8 Å². The highest BCUT2D eigenvalue weighted by Gasteiger charge is 2.62. The van der Waals surface area contributed by atoms with Crippen LogP contribution in [0.25, 0.3) is 0 Å². The fourth-order valence-electron chi connectivity index (χ4n) is 3.89. The van der Waals surface area contributed by atoms with E-state index in [2.05, 4.69) is 35.7 Å². The van der Waals surface area contributed by atoms with Crippen molar-refractivity contribution < 1.29 is 9.47 Å². The van der Waals surface area contributed by atoms with Crippen LogP contribution in [0.2, 0.25) is 5.28 Å². The molecule has 6 heteroatoms. The van der Waals surface area contributed by atoms with Crippen LogP contribution in [-0.2, 0) is 0 Å². The van der Waals surface area contributed by atoms with Gasteiger partial charge in [-0.3, -0.25) is 0 Å². The van der Waals surface area contributed by atoms with Crippen molar-refractivity contribution >= 4 is 11.6 Å². The third-order valence-electron chi connectivity index (χ3n) is 5.71. The molecule has 0 amide bonds. The maximum absolute atomic E-state index is 6.04. The summed E-state index contributed by atoms with van der Waals surface area (Å²) in [5.74, 6) is 0.705. The van der Waals surface area contributed by atoms with Gasteiger partial charge in [0.1, 0.15) is 6.10 Å². The van der Waals surface area contributed by atoms with E-state index >= 15 is 0 Å². The normalized spacial score (nSPS) is 34.2. The van der Waals surface area contributed by atoms with E-state index in [0.717, 1.165) is 6.42 Å². The fraction of sp³-hybridized carbons (Fsp3) is 0.786. The average Bonchev–Trinajstić information content (AvgIpc) is 2.71. The highest BCUT2D eigenvalue weighted by atomic mass is 35.5. The number of hydrogen-bond donors (Lipinski definition) is 0. The quantitative estimate of drug-likeness (QED) is 0.858. The van der Waals surface area contributed by atoms with Crippen molar-refractivity contribution in [3.8, 4) is 12.0 Å². The molecule has 3 rings (SSSR count). The van der Waals surface area contributed by atoms with Gasteiger partial charge in [0.15, 0.2) is 0 Å². The molecule has 0 aromatic carbocycles. The predicted octanol–water partition coefficient (Wildman–Crippen LogP) is 3.13. The Labute approximate surface area is 124 Å². The number of methoxy groups -OCH3 is 1. The molecule has 2 aliphatic rings. The van der Waals surface area contributed by atoms with Crippen LogP contribution < -0.4 is 9.47 Å². The van der Waals surface area contributed by atoms with Crippen LogP contribution >= 0.6 is 11.6 Å². The van der Waals surface area contributed by atoms with Gasteiger partial charge in [0, 0.05) is 5.41 Å². The van der Waals surface area contributed by atoms with Crippen molar-refractivity contribution in [1.82, 2.24) is 15.0 Å². The van der Waals surface area contributed by atoms with Gasteiger partial charge in [0.05, 0.1) is 7.11 Å². The van der Waals surface area contributed by atoms with Gasteiger partial charge in [-0.05, 0) is 42.2 Å². The summed E-state index contributed by atoms with van der Waals surface area (Å²) in [6.07, 6.45) is 3.64. The molecule has 5 nitrogen and oxygen atoms in total. The Bertz CT molecular complexity index is 537. The van der Waals surface area contributed by atoms with Gasteiger partial charge in [-0.15, -0.1) is 4.98 Å². The van der Waals surface area contributed by atoms with Crippen molar-refractivity contribution in [3.63, 3.8) is 0 Å². The zero-order valence-corrected chi connectivity index (χ0v) is 13.1. The molecule has 2 saturated carbocycles. The molecule has 0 radical (unpaired) electrons. The maximum Gasteiger partial charge on any atom is 0.324 e. The Morgan fingerprint density at radius 1 is 1.15 bits per heavy atom. The highest BCUT2D eigenvalue weighted by Crippen LogP contribution is 2.66. The lowest BCUT2D eigenvalue weighted by Crippen LogP contribution is -2.39. The molecule has 110 valence electrons. The summed E-state index contributed by atoms with van der Waals surface area (Å²) in [4.78, 5) is 12.0. The summed E-state index contributed by atoms with van der Waals surface area (Å²) in [6, 6.07) is 0.448. The Balaban J connectivity index is 1.85. The number of ether oxygens (including phenoxy) is 2. The minimum atomic E-state index is 0.0967. The lowest BCUT2D eigenvalue weighted by atomic mass is 9.70. The first kappa shape index (κ1) is 13.9. The van der Waals surface area contributed by atoms with Crippen molar-refractivity contribution in [3.05, 3.63) is 5.28 Å². The second kappa shape index (κ2) is 4.45. The first-order valence-corrected chi connectivity index (χ1v) is 7.37. The van der Waals surface area contributed by atoms with Gasteiger partial charge in [0.25, 0.3) is 0 Å². The molecule has 1 aromatic heterocycles. The van der Waals surface area contributed by atoms with E-state index in [9.17, 15) is 0 Å². The van der Waals surface area contributed by atoms with Gasteiger partial charge >= 0.3 is 12.0 Å². The second-order valence-electron chi connectivity index (χ2n) is 6.59. The summed E-state index contributed by atoms with van der Waals surface area (Å²) in [5.41, 5.74) is 0.447. The van der Waals surface area contributed by atoms with Crippen LogP contribution in [0.3, 0.4) is 0 Å². The fourth-order valence-corrected chi connectivity index (χ4v) is 4.04. The molecule has 2 aliphatic carbocycles. The molecular formula is C14H20ClN3O2. The summed E-state index contributed by atoms with van der Waals surface area (Å²) < 4.78 is 11.0. The minimum absolute atomic E-state index is 0.0967. The van der Waals surface area contributed by atoms with Crippen LogP contribution in [0.15, 0.2) is 0 Å². The standard InChI is InChI=1S/C14H20ClN3O2/c1-13(2)8-5-6-14(13,3)9(7-8)20-12-17-10(15)16-11(18-12)19-4/h8-9H,5-7H2,1-4H3. The smallest absolute Gasteiger partial charge is 0.324 e. The highest BCUT2D eigenvalue weighted by molar-refractivity contribution is 6.28. The molecule has 0 saturated heterocycles. The summed E-state index contributed by atoms with van der Waals surface area (Å²) in [6.45, 7) is 6.99. The predicted molar refractivity (Wildman–Crippen MR) is 75.0 cm³/mol. The summed E-state index contributed by atoms with van der Waals surface area (Å²) in [7, 11) is 1.50. The Hall–Kier alpha value is -1.10. The summed E-state index contributed by atoms with van der Waals surface area (Å²) >= 11 is 5.86. The molecule has 0 spiro atoms. The molecule has 3 unspecified atom stereocenters. The van der Waals surface area contributed by atoms with Crippen LogP contribution in [0.1, 0.15) is 40.0 Å². The topological polar surface area (TPSA) is 57.1 Å². The molecular weight excluding hydrogens is 278 g/mol. The van der Waals surface area contributed by atoms with Crippen molar-refractivity contribution in [2.45, 2.75) is 46.1 Å². The number of rotatable bonds is 3. The second-order valence-corrected chi connectivity index (χ2v) is 6.93. The van der Waals surface area contributed by atoms with Gasteiger partial charge in [-0.2, -0.15) is 9.97 Å². The third kappa shape index (κ3) is 1.86. The molecule has 1 aromatic rings. The van der Waals surface area contributed by atoms with E-state index in [1.807, 2.05) is 0 Å². The lowest BCUT2D eigenvalue weighted by Gasteiger charge is -2.38. The Morgan fingerprint density at radius 2 is 1.85 bits per heavy atom. The van der Waals surface area contributed by atoms with E-state index in [1.165, 1.54) is 20.0 Å². The van der Waals surface area contributed by atoms with Crippen molar-refractivity contribution in [2.24, 2.45) is 16.7 Å². The molecule has 20 heavy (non-hydrogen) atoms. The van der Waals surface area contributed by atoms with Crippen molar-refractivity contribution in [1.29, 1.82) is 0 Å². The Morgan fingerprint density at radius 3 is 2.40 bits per heavy atom. The van der Waals surface area contributed by atoms with E-state index in [-0.39, 0.29) is 28.8 Å². The zero-order valence-electron chi connectivity index (χ0n) is 12.3. The molecule has 2 bridgehead atoms. The first-order chi connectivity index (χ1) is 9.36. The van der Waals surface area contributed by atoms with Crippen molar-refractivity contribution in [2.75, 3.05) is 7.11 Å². The monoisotopic (exact) mass is 297 g/mol. The van der Waals surface area contributed by atoms with Crippen LogP contribution in [0.4, 0.5) is 0 Å². The first-order valence-electron chi connectivity index (χ1n) is 6.99. The SMILES string of the molecule is COc1nc(Cl)nc(OC2CC3CCC2(C)C3(C)C)n1. The minimum Gasteiger partial charge on any atom is -0.467 e. The van der Waals surface area contributed by atoms with Gasteiger partial charge in [-0.25, -0.2) is 0 Å². The summed E-state index contributed by atoms with van der Waals surface area (Å²) in [5, 5.41) is 0.0967. The van der Waals surface area contributed by atoms with E-state index < -0.39 is 0 Å². The number of fused-ring (bicyclic) bond motifs is 2. The molecule has 1 heterocycles. The average molecular weight is 298 g/mol. The Kier molecular flexibility index (Phi) is 3.08. The van der Waals surface area contributed by atoms with Crippen LogP contribution in [0.5, 0.6) is 12.0 Å². The molecule has 0 N–H and O–H groups in total. The maximum atomic E-state index is 6.04. The lowest BCUT2D eigenvalue weighted by molar-refractivity contribution is 0.0236. The third-order valence-corrected chi connectivity index (χ3v) is 5.88. The molecule has 0 aliphatic heterocycles.